The number of nitrogen functional groups attached to an aromatic ring is 1. The molecular weight excluding hydrogens is 442 g/mol. The Labute approximate surface area is 189 Å². The van der Waals surface area contributed by atoms with Crippen LogP contribution in [0.1, 0.15) is 12.8 Å². The Bertz CT molecular complexity index is 1530. The van der Waals surface area contributed by atoms with Crippen LogP contribution in [0.25, 0.3) is 27.7 Å². The summed E-state index contributed by atoms with van der Waals surface area (Å²) in [4.78, 5) is 21.9. The number of nitrogens with zero attached hydrogens (tertiary/aromatic N) is 3. The van der Waals surface area contributed by atoms with Crippen LogP contribution in [0.2, 0.25) is 0 Å². The lowest BCUT2D eigenvalue weighted by Crippen LogP contribution is -2.23. The van der Waals surface area contributed by atoms with E-state index in [1.165, 1.54) is 11.7 Å². The molecule has 0 atom stereocenters. The number of hydrogen-bond acceptors (Lipinski definition) is 7. The first-order valence-electron chi connectivity index (χ1n) is 10.3. The van der Waals surface area contributed by atoms with E-state index in [1.807, 2.05) is 18.2 Å². The molecule has 0 bridgehead atoms. The third-order valence-electron chi connectivity index (χ3n) is 5.50. The highest BCUT2D eigenvalue weighted by atomic mass is 32.2. The maximum absolute atomic E-state index is 13.3. The number of hydrogen-bond donors (Lipinski definition) is 2. The quantitative estimate of drug-likeness (QED) is 0.450. The van der Waals surface area contributed by atoms with Crippen molar-refractivity contribution < 1.29 is 13.2 Å². The van der Waals surface area contributed by atoms with Crippen molar-refractivity contribution >= 4 is 32.6 Å². The molecule has 0 spiro atoms. The molecule has 2 heterocycles. The molecule has 1 fully saturated rings. The van der Waals surface area contributed by atoms with Gasteiger partial charge < -0.3 is 10.5 Å². The predicted molar refractivity (Wildman–Crippen MR) is 127 cm³/mol. The highest BCUT2D eigenvalue weighted by molar-refractivity contribution is 7.93. The number of ether oxygens (including phenoxy) is 1. The molecule has 10 heteroatoms. The average molecular weight is 464 g/mol. The molecule has 4 aromatic rings. The van der Waals surface area contributed by atoms with Gasteiger partial charge in [0.05, 0.1) is 29.0 Å². The van der Waals surface area contributed by atoms with Crippen molar-refractivity contribution in [3.8, 4) is 22.7 Å². The predicted octanol–water partition coefficient (Wildman–Crippen LogP) is 2.94. The van der Waals surface area contributed by atoms with Crippen molar-refractivity contribution in [3.05, 3.63) is 71.1 Å². The van der Waals surface area contributed by atoms with Crippen molar-refractivity contribution in [1.82, 2.24) is 14.5 Å². The van der Waals surface area contributed by atoms with Crippen molar-refractivity contribution in [1.29, 1.82) is 0 Å². The van der Waals surface area contributed by atoms with Gasteiger partial charge in [-0.2, -0.15) is 0 Å². The van der Waals surface area contributed by atoms with Crippen LogP contribution in [0.4, 0.5) is 11.6 Å². The summed E-state index contributed by atoms with van der Waals surface area (Å²) in [5.41, 5.74) is 8.39. The Morgan fingerprint density at radius 1 is 1.09 bits per heavy atom. The lowest BCUT2D eigenvalue weighted by Gasteiger charge is -2.13. The van der Waals surface area contributed by atoms with E-state index in [-0.39, 0.29) is 28.3 Å². The molecule has 1 saturated carbocycles. The molecule has 1 aliphatic carbocycles. The van der Waals surface area contributed by atoms with Gasteiger partial charge in [-0.25, -0.2) is 23.0 Å². The van der Waals surface area contributed by atoms with Gasteiger partial charge in [0.1, 0.15) is 5.69 Å². The maximum atomic E-state index is 13.3. The minimum absolute atomic E-state index is 0.0920. The van der Waals surface area contributed by atoms with Gasteiger partial charge in [0.25, 0.3) is 5.56 Å². The molecule has 5 rings (SSSR count). The fourth-order valence-electron chi connectivity index (χ4n) is 3.67. The van der Waals surface area contributed by atoms with E-state index < -0.39 is 10.0 Å². The minimum atomic E-state index is -3.50. The van der Waals surface area contributed by atoms with Crippen molar-refractivity contribution in [2.24, 2.45) is 0 Å². The van der Waals surface area contributed by atoms with Gasteiger partial charge in [-0.15, -0.1) is 0 Å². The van der Waals surface area contributed by atoms with Crippen LogP contribution in [0.3, 0.4) is 0 Å². The smallest absolute Gasteiger partial charge is 0.267 e. The van der Waals surface area contributed by atoms with Crippen LogP contribution in [0.5, 0.6) is 5.88 Å². The Kier molecular flexibility index (Phi) is 5.01. The topological polar surface area (TPSA) is 129 Å². The second-order valence-corrected chi connectivity index (χ2v) is 9.77. The second-order valence-electron chi connectivity index (χ2n) is 7.81. The second kappa shape index (κ2) is 7.89. The molecule has 3 N–H and O–H groups in total. The maximum Gasteiger partial charge on any atom is 0.267 e. The summed E-state index contributed by atoms with van der Waals surface area (Å²) in [5, 5.41) is -0.0130. The van der Waals surface area contributed by atoms with Crippen LogP contribution >= 0.6 is 0 Å². The van der Waals surface area contributed by atoms with E-state index in [0.717, 1.165) is 0 Å². The summed E-state index contributed by atoms with van der Waals surface area (Å²) in [6.07, 6.45) is 2.84. The monoisotopic (exact) mass is 463 g/mol. The van der Waals surface area contributed by atoms with E-state index in [9.17, 15) is 13.2 Å². The summed E-state index contributed by atoms with van der Waals surface area (Å²) in [5.74, 6) is 0.263. The minimum Gasteiger partial charge on any atom is -0.480 e. The van der Waals surface area contributed by atoms with Crippen molar-refractivity contribution in [3.63, 3.8) is 0 Å². The zero-order valence-electron chi connectivity index (χ0n) is 17.7. The summed E-state index contributed by atoms with van der Waals surface area (Å²) in [6.45, 7) is 0. The van der Waals surface area contributed by atoms with Gasteiger partial charge in [0.15, 0.2) is 0 Å². The number of para-hydroxylation sites is 1. The Morgan fingerprint density at radius 3 is 2.55 bits per heavy atom. The fourth-order valence-corrected chi connectivity index (χ4v) is 5.05. The molecule has 33 heavy (non-hydrogen) atoms. The van der Waals surface area contributed by atoms with Crippen molar-refractivity contribution in [2.45, 2.75) is 18.1 Å². The largest absolute Gasteiger partial charge is 0.480 e. The van der Waals surface area contributed by atoms with Gasteiger partial charge in [-0.3, -0.25) is 9.52 Å². The first kappa shape index (κ1) is 21.0. The molecule has 0 saturated heterocycles. The highest BCUT2D eigenvalue weighted by Gasteiger charge is 2.36. The van der Waals surface area contributed by atoms with E-state index in [0.29, 0.717) is 40.6 Å². The molecule has 2 aromatic heterocycles. The third kappa shape index (κ3) is 3.89. The zero-order valence-corrected chi connectivity index (χ0v) is 18.5. The standard InChI is InChI=1S/C23H21N5O4S/c1-32-21-20(27-33(30,31)17-8-9-17)12-15(13-25-21)14-7-10-19-18(11-14)22(29)28(23(24)26-19)16-5-3-2-4-6-16/h2-7,10-13,17,27H,8-9H2,1H3,(H2,24,26). The molecule has 0 unspecified atom stereocenters. The Hall–Kier alpha value is -3.92. The number of nitrogens with two attached hydrogens (primary N) is 1. The lowest BCUT2D eigenvalue weighted by molar-refractivity contribution is 0.400. The number of benzene rings is 2. The number of fused-ring (bicyclic) bond motifs is 1. The van der Waals surface area contributed by atoms with Gasteiger partial charge in [0, 0.05) is 11.8 Å². The molecule has 0 radical (unpaired) electrons. The first-order chi connectivity index (χ1) is 15.9. The molecule has 0 aliphatic heterocycles. The molecule has 9 nitrogen and oxygen atoms in total. The van der Waals surface area contributed by atoms with Crippen LogP contribution in [-0.2, 0) is 10.0 Å². The highest BCUT2D eigenvalue weighted by Crippen LogP contribution is 2.34. The Balaban J connectivity index is 1.62. The van der Waals surface area contributed by atoms with Gasteiger partial charge >= 0.3 is 0 Å². The number of rotatable bonds is 6. The van der Waals surface area contributed by atoms with Crippen LogP contribution in [-0.4, -0.2) is 35.3 Å². The number of anilines is 2. The average Bonchev–Trinajstić information content (AvgIpc) is 3.66. The molecular formula is C23H21N5O4S. The number of methoxy groups -OCH3 is 1. The lowest BCUT2D eigenvalue weighted by atomic mass is 10.0. The molecule has 2 aromatic carbocycles. The number of aromatic nitrogens is 3. The third-order valence-corrected chi connectivity index (χ3v) is 7.36. The van der Waals surface area contributed by atoms with Crippen LogP contribution in [0.15, 0.2) is 65.6 Å². The van der Waals surface area contributed by atoms with Gasteiger partial charge in [-0.05, 0) is 48.7 Å². The summed E-state index contributed by atoms with van der Waals surface area (Å²) in [6, 6.07) is 15.9. The van der Waals surface area contributed by atoms with Crippen molar-refractivity contribution in [2.75, 3.05) is 17.6 Å². The van der Waals surface area contributed by atoms with E-state index >= 15 is 0 Å². The SMILES string of the molecule is COc1ncc(-c2ccc3nc(N)n(-c4ccccc4)c(=O)c3c2)cc1NS(=O)(=O)C1CC1. The molecule has 168 valence electrons. The summed E-state index contributed by atoms with van der Waals surface area (Å²) >= 11 is 0. The van der Waals surface area contributed by atoms with E-state index in [4.69, 9.17) is 10.5 Å². The number of sulfonamides is 1. The summed E-state index contributed by atoms with van der Waals surface area (Å²) < 4.78 is 34.1. The normalized spacial score (nSPS) is 13.7. The summed E-state index contributed by atoms with van der Waals surface area (Å²) in [7, 11) is -2.08. The van der Waals surface area contributed by atoms with Crippen LogP contribution in [0, 0.1) is 0 Å². The Morgan fingerprint density at radius 2 is 1.85 bits per heavy atom. The first-order valence-corrected chi connectivity index (χ1v) is 11.9. The van der Waals surface area contributed by atoms with E-state index in [2.05, 4.69) is 14.7 Å². The number of pyridine rings is 1. The number of nitrogens with one attached hydrogen (secondary N) is 1. The zero-order chi connectivity index (χ0) is 23.2. The van der Waals surface area contributed by atoms with Gasteiger partial charge in [-0.1, -0.05) is 24.3 Å². The molecule has 0 amide bonds. The van der Waals surface area contributed by atoms with Gasteiger partial charge in [0.2, 0.25) is 21.9 Å². The molecule has 1 aliphatic rings. The van der Waals surface area contributed by atoms with E-state index in [1.54, 1.807) is 42.6 Å². The fraction of sp³-hybridized carbons (Fsp3) is 0.174. The van der Waals surface area contributed by atoms with Crippen LogP contribution < -0.4 is 20.8 Å².